The predicted molar refractivity (Wildman–Crippen MR) is 98.1 cm³/mol. The zero-order valence-electron chi connectivity index (χ0n) is 14.5. The summed E-state index contributed by atoms with van der Waals surface area (Å²) in [6.45, 7) is 7.04. The van der Waals surface area contributed by atoms with Gasteiger partial charge in [0.25, 0.3) is 0 Å². The molecule has 127 valence electrons. The molecule has 1 aromatic carbocycles. The zero-order valence-corrected chi connectivity index (χ0v) is 14.5. The minimum atomic E-state index is 0.358. The second-order valence-electron chi connectivity index (χ2n) is 6.30. The molecule has 0 fully saturated rings. The number of anilines is 1. The van der Waals surface area contributed by atoms with Crippen molar-refractivity contribution in [2.75, 3.05) is 5.32 Å². The highest BCUT2D eigenvalue weighted by Crippen LogP contribution is 2.35. The first-order valence-corrected chi connectivity index (χ1v) is 8.16. The summed E-state index contributed by atoms with van der Waals surface area (Å²) in [6, 6.07) is 7.99. The lowest BCUT2D eigenvalue weighted by Crippen LogP contribution is -2.13. The molecule has 1 aromatic heterocycles. The maximum atomic E-state index is 11.0. The van der Waals surface area contributed by atoms with Crippen molar-refractivity contribution >= 4 is 12.1 Å². The third-order valence-electron chi connectivity index (χ3n) is 4.02. The highest BCUT2D eigenvalue weighted by molar-refractivity contribution is 5.89. The van der Waals surface area contributed by atoms with Gasteiger partial charge in [0.1, 0.15) is 0 Å². The van der Waals surface area contributed by atoms with Crippen molar-refractivity contribution in [3.63, 3.8) is 0 Å². The molecule has 0 atom stereocenters. The molecule has 0 unspecified atom stereocenters. The van der Waals surface area contributed by atoms with E-state index < -0.39 is 0 Å². The number of hydrogen-bond donors (Lipinski definition) is 3. The maximum absolute atomic E-state index is 11.0. The number of benzene rings is 1. The molecule has 5 nitrogen and oxygen atoms in total. The molecule has 2 rings (SSSR count). The first kappa shape index (κ1) is 18.1. The van der Waals surface area contributed by atoms with Crippen LogP contribution < -0.4 is 16.8 Å². The second-order valence-corrected chi connectivity index (χ2v) is 6.30. The van der Waals surface area contributed by atoms with Gasteiger partial charge in [0.2, 0.25) is 0 Å². The first-order valence-electron chi connectivity index (χ1n) is 8.16. The summed E-state index contributed by atoms with van der Waals surface area (Å²) in [4.78, 5) is 15.6. The van der Waals surface area contributed by atoms with Crippen LogP contribution >= 0.6 is 0 Å². The number of nitrogens with two attached hydrogens (primary N) is 2. The van der Waals surface area contributed by atoms with Crippen LogP contribution in [0.1, 0.15) is 36.4 Å². The lowest BCUT2D eigenvalue weighted by molar-refractivity contribution is 0.561. The molecule has 0 saturated carbocycles. The van der Waals surface area contributed by atoms with Crippen molar-refractivity contribution < 1.29 is 4.79 Å². The van der Waals surface area contributed by atoms with E-state index in [1.54, 1.807) is 6.41 Å². The molecule has 0 bridgehead atoms. The third-order valence-corrected chi connectivity index (χ3v) is 4.02. The summed E-state index contributed by atoms with van der Waals surface area (Å²) in [5.41, 5.74) is 18.1. The molecule has 5 N–H and O–H groups in total. The molecule has 2 aromatic rings. The van der Waals surface area contributed by atoms with Gasteiger partial charge in [-0.25, -0.2) is 0 Å². The van der Waals surface area contributed by atoms with Crippen molar-refractivity contribution in [1.29, 1.82) is 0 Å². The SMILES string of the molecule is Cc1nc(CC(C)C)c(CN)c(-c2ccc(CN)cc2)c1N[C]=O. The van der Waals surface area contributed by atoms with Crippen molar-refractivity contribution in [3.8, 4) is 11.1 Å². The fraction of sp³-hybridized carbons (Fsp3) is 0.368. The quantitative estimate of drug-likeness (QED) is 0.682. The van der Waals surface area contributed by atoms with Gasteiger partial charge in [-0.1, -0.05) is 38.1 Å². The van der Waals surface area contributed by atoms with Crippen molar-refractivity contribution in [2.24, 2.45) is 17.4 Å². The smallest absolute Gasteiger partial charge is 0.314 e. The van der Waals surface area contributed by atoms with E-state index in [-0.39, 0.29) is 0 Å². The molecule has 0 saturated heterocycles. The van der Waals surface area contributed by atoms with Crippen molar-refractivity contribution in [1.82, 2.24) is 4.98 Å². The Kier molecular flexibility index (Phi) is 6.06. The van der Waals surface area contributed by atoms with Gasteiger partial charge in [-0.05, 0) is 36.0 Å². The number of aryl methyl sites for hydroxylation is 1. The summed E-state index contributed by atoms with van der Waals surface area (Å²) in [5, 5.41) is 2.68. The van der Waals surface area contributed by atoms with E-state index in [9.17, 15) is 4.79 Å². The monoisotopic (exact) mass is 325 g/mol. The summed E-state index contributed by atoms with van der Waals surface area (Å²) in [7, 11) is 0. The van der Waals surface area contributed by atoms with Crippen LogP contribution in [0.3, 0.4) is 0 Å². The third kappa shape index (κ3) is 3.80. The molecule has 0 aliphatic rings. The van der Waals surface area contributed by atoms with Crippen LogP contribution in [0, 0.1) is 12.8 Å². The molecule has 24 heavy (non-hydrogen) atoms. The molecular formula is C19H25N4O. The number of nitrogens with zero attached hydrogens (tertiary/aromatic N) is 1. The van der Waals surface area contributed by atoms with E-state index in [1.807, 2.05) is 31.2 Å². The Hall–Kier alpha value is -2.24. The molecule has 0 spiro atoms. The van der Waals surface area contributed by atoms with Gasteiger partial charge in [0.05, 0.1) is 11.4 Å². The number of amides is 1. The topological polar surface area (TPSA) is 94.0 Å². The van der Waals surface area contributed by atoms with Gasteiger partial charge in [-0.2, -0.15) is 0 Å². The highest BCUT2D eigenvalue weighted by atomic mass is 16.1. The van der Waals surface area contributed by atoms with Crippen LogP contribution in [-0.4, -0.2) is 11.4 Å². The normalized spacial score (nSPS) is 10.9. The fourth-order valence-electron chi connectivity index (χ4n) is 2.91. The number of carbonyl (C=O) groups excluding carboxylic acids is 1. The molecule has 5 heteroatoms. The van der Waals surface area contributed by atoms with Crippen LogP contribution in [0.15, 0.2) is 24.3 Å². The van der Waals surface area contributed by atoms with Crippen LogP contribution in [0.5, 0.6) is 0 Å². The van der Waals surface area contributed by atoms with E-state index in [0.29, 0.717) is 24.7 Å². The van der Waals surface area contributed by atoms with Crippen molar-refractivity contribution in [3.05, 3.63) is 46.8 Å². The van der Waals surface area contributed by atoms with Gasteiger partial charge in [0, 0.05) is 24.3 Å². The fourth-order valence-corrected chi connectivity index (χ4v) is 2.91. The van der Waals surface area contributed by atoms with Crippen LogP contribution in [0.2, 0.25) is 0 Å². The minimum Gasteiger partial charge on any atom is -0.326 e. The Morgan fingerprint density at radius 2 is 1.83 bits per heavy atom. The summed E-state index contributed by atoms with van der Waals surface area (Å²) in [5.74, 6) is 0.464. The molecule has 1 radical (unpaired) electrons. The van der Waals surface area contributed by atoms with Crippen LogP contribution in [0.4, 0.5) is 5.69 Å². The Labute approximate surface area is 143 Å². The standard InChI is InChI=1S/C19H25N4O/c1-12(2)8-17-16(10-21)18(19(22-11-24)13(3)23-17)15-6-4-14(9-20)5-7-15/h4-7,12H,8-10,20-21H2,1-3H3,(H,22,24). The largest absolute Gasteiger partial charge is 0.326 e. The number of aromatic nitrogens is 1. The molecule has 0 aliphatic heterocycles. The summed E-state index contributed by atoms with van der Waals surface area (Å²) >= 11 is 0. The van der Waals surface area contributed by atoms with Crippen molar-refractivity contribution in [2.45, 2.75) is 40.3 Å². The zero-order chi connectivity index (χ0) is 17.7. The van der Waals surface area contributed by atoms with Crippen LogP contribution in [0.25, 0.3) is 11.1 Å². The first-order chi connectivity index (χ1) is 11.5. The average Bonchev–Trinajstić information content (AvgIpc) is 2.56. The number of hydrogen-bond acceptors (Lipinski definition) is 4. The van der Waals surface area contributed by atoms with Gasteiger partial charge in [-0.3, -0.25) is 9.78 Å². The predicted octanol–water partition coefficient (Wildman–Crippen LogP) is 2.65. The van der Waals surface area contributed by atoms with Gasteiger partial charge in [-0.15, -0.1) is 0 Å². The second kappa shape index (κ2) is 8.04. The number of pyridine rings is 1. The molecule has 0 aliphatic carbocycles. The Balaban J connectivity index is 2.71. The van der Waals surface area contributed by atoms with Crippen LogP contribution in [-0.2, 0) is 24.3 Å². The molecule has 1 heterocycles. The van der Waals surface area contributed by atoms with E-state index in [0.717, 1.165) is 40.1 Å². The Bertz CT molecular complexity index is 708. The minimum absolute atomic E-state index is 0.358. The summed E-state index contributed by atoms with van der Waals surface area (Å²) < 4.78 is 0. The lowest BCUT2D eigenvalue weighted by atomic mass is 9.92. The van der Waals surface area contributed by atoms with Gasteiger partial charge in [0.15, 0.2) is 0 Å². The van der Waals surface area contributed by atoms with Gasteiger partial charge < -0.3 is 16.8 Å². The summed E-state index contributed by atoms with van der Waals surface area (Å²) in [6.07, 6.45) is 2.61. The molecule has 1 amide bonds. The maximum Gasteiger partial charge on any atom is 0.314 e. The van der Waals surface area contributed by atoms with E-state index >= 15 is 0 Å². The lowest BCUT2D eigenvalue weighted by Gasteiger charge is -2.20. The van der Waals surface area contributed by atoms with E-state index in [4.69, 9.17) is 11.5 Å². The van der Waals surface area contributed by atoms with E-state index in [2.05, 4.69) is 24.1 Å². The average molecular weight is 325 g/mol. The highest BCUT2D eigenvalue weighted by Gasteiger charge is 2.19. The number of nitrogens with one attached hydrogen (secondary N) is 1. The number of rotatable bonds is 7. The molecular weight excluding hydrogens is 300 g/mol. The Morgan fingerprint density at radius 3 is 2.33 bits per heavy atom. The van der Waals surface area contributed by atoms with E-state index in [1.165, 1.54) is 0 Å². The Morgan fingerprint density at radius 1 is 1.17 bits per heavy atom. The van der Waals surface area contributed by atoms with Gasteiger partial charge >= 0.3 is 6.41 Å².